The van der Waals surface area contributed by atoms with E-state index in [2.05, 4.69) is 28.0 Å². The Labute approximate surface area is 94.0 Å². The second kappa shape index (κ2) is 3.90. The molecule has 1 aromatic heterocycles. The van der Waals surface area contributed by atoms with E-state index in [9.17, 15) is 3.89 Å². The molecule has 0 radical (unpaired) electrons. The van der Waals surface area contributed by atoms with Crippen LogP contribution in [0.15, 0.2) is 22.8 Å². The highest BCUT2D eigenvalue weighted by Gasteiger charge is 2.08. The van der Waals surface area contributed by atoms with Crippen molar-refractivity contribution >= 4 is 39.2 Å². The van der Waals surface area contributed by atoms with Gasteiger partial charge in [0.25, 0.3) is 0 Å². The lowest BCUT2D eigenvalue weighted by Crippen LogP contribution is -1.85. The number of hydrogen-bond donors (Lipinski definition) is 0. The molecule has 14 heavy (non-hydrogen) atoms. The van der Waals surface area contributed by atoms with Crippen LogP contribution in [0.1, 0.15) is 12.5 Å². The number of fused-ring (bicyclic) bond motifs is 1. The van der Waals surface area contributed by atoms with Crippen molar-refractivity contribution in [2.75, 3.05) is 0 Å². The summed E-state index contributed by atoms with van der Waals surface area (Å²) in [6, 6.07) is 3.97. The number of halogens is 2. The molecule has 1 heterocycles. The van der Waals surface area contributed by atoms with Gasteiger partial charge in [-0.05, 0) is 18.1 Å². The molecule has 0 saturated heterocycles. The largest absolute Gasteiger partial charge is 0.187 e. The number of rotatable bonds is 2. The van der Waals surface area contributed by atoms with Crippen molar-refractivity contribution in [3.8, 4) is 0 Å². The van der Waals surface area contributed by atoms with E-state index in [0.717, 1.165) is 27.4 Å². The van der Waals surface area contributed by atoms with Crippen LogP contribution in [0, 0.1) is 0 Å². The van der Waals surface area contributed by atoms with Crippen LogP contribution < -0.4 is 0 Å². The highest BCUT2D eigenvalue weighted by atomic mass is 79.9. The van der Waals surface area contributed by atoms with Crippen LogP contribution in [-0.4, -0.2) is 9.19 Å². The topological polar surface area (TPSA) is 17.8 Å². The average Bonchev–Trinajstić information content (AvgIpc) is 2.63. The molecule has 0 bridgehead atoms. The van der Waals surface area contributed by atoms with Gasteiger partial charge in [-0.25, -0.2) is 0 Å². The molecule has 0 spiro atoms. The summed E-state index contributed by atoms with van der Waals surface area (Å²) in [6.07, 6.45) is 2.58. The molecule has 0 fully saturated rings. The van der Waals surface area contributed by atoms with E-state index in [1.54, 1.807) is 6.20 Å². The summed E-state index contributed by atoms with van der Waals surface area (Å²) >= 11 is 3.52. The predicted octanol–water partition coefficient (Wildman–Crippen LogP) is 3.74. The quantitative estimate of drug-likeness (QED) is 0.830. The monoisotopic (exact) mass is 274 g/mol. The zero-order chi connectivity index (χ0) is 10.1. The second-order valence-corrected chi connectivity index (χ2v) is 4.29. The summed E-state index contributed by atoms with van der Waals surface area (Å²) in [5, 5.41) is 5.09. The average molecular weight is 275 g/mol. The summed E-state index contributed by atoms with van der Waals surface area (Å²) in [6.45, 7) is 2.06. The molecular formula is C9H8BrFN2S. The summed E-state index contributed by atoms with van der Waals surface area (Å²) < 4.78 is 14.5. The van der Waals surface area contributed by atoms with E-state index < -0.39 is 0 Å². The summed E-state index contributed by atoms with van der Waals surface area (Å²) in [4.78, 5) is 0. The van der Waals surface area contributed by atoms with Gasteiger partial charge in [0, 0.05) is 16.1 Å². The van der Waals surface area contributed by atoms with Gasteiger partial charge in [-0.15, -0.1) is 3.89 Å². The SMILES string of the molecule is CCc1ccc(Br)c2cn(SF)nc12. The van der Waals surface area contributed by atoms with Crippen LogP contribution in [0.2, 0.25) is 0 Å². The molecule has 2 rings (SSSR count). The third-order valence-corrected chi connectivity index (χ3v) is 3.16. The first-order chi connectivity index (χ1) is 6.76. The number of aromatic nitrogens is 2. The number of nitrogens with zero attached hydrogens (tertiary/aromatic N) is 2. The third kappa shape index (κ3) is 1.54. The Kier molecular flexibility index (Phi) is 2.78. The van der Waals surface area contributed by atoms with Crippen LogP contribution in [0.5, 0.6) is 0 Å². The highest BCUT2D eigenvalue weighted by molar-refractivity contribution is 9.10. The molecule has 0 saturated carbocycles. The maximum Gasteiger partial charge on any atom is 0.187 e. The fraction of sp³-hybridized carbons (Fsp3) is 0.222. The Balaban J connectivity index is 2.74. The Morgan fingerprint density at radius 1 is 1.57 bits per heavy atom. The van der Waals surface area contributed by atoms with Crippen LogP contribution in [0.3, 0.4) is 0 Å². The van der Waals surface area contributed by atoms with E-state index in [1.807, 2.05) is 12.1 Å². The van der Waals surface area contributed by atoms with Gasteiger partial charge in [-0.2, -0.15) is 9.19 Å². The fourth-order valence-corrected chi connectivity index (χ4v) is 2.11. The van der Waals surface area contributed by atoms with Gasteiger partial charge in [0.1, 0.15) is 0 Å². The van der Waals surface area contributed by atoms with Crippen molar-refractivity contribution in [3.05, 3.63) is 28.4 Å². The first-order valence-electron chi connectivity index (χ1n) is 4.22. The van der Waals surface area contributed by atoms with Crippen molar-refractivity contribution in [2.24, 2.45) is 0 Å². The lowest BCUT2D eigenvalue weighted by atomic mass is 10.1. The van der Waals surface area contributed by atoms with Crippen molar-refractivity contribution < 1.29 is 3.89 Å². The molecule has 0 unspecified atom stereocenters. The first kappa shape index (κ1) is 9.98. The molecular weight excluding hydrogens is 267 g/mol. The Morgan fingerprint density at radius 3 is 3.00 bits per heavy atom. The van der Waals surface area contributed by atoms with Gasteiger partial charge in [0.15, 0.2) is 12.3 Å². The molecule has 1 aromatic carbocycles. The molecule has 0 aliphatic heterocycles. The summed E-state index contributed by atoms with van der Waals surface area (Å²) in [5.74, 6) is 0. The van der Waals surface area contributed by atoms with Crippen LogP contribution in [-0.2, 0) is 6.42 Å². The van der Waals surface area contributed by atoms with Gasteiger partial charge in [0.2, 0.25) is 0 Å². The molecule has 2 nitrogen and oxygen atoms in total. The van der Waals surface area contributed by atoms with Crippen molar-refractivity contribution in [2.45, 2.75) is 13.3 Å². The minimum atomic E-state index is 0.107. The molecule has 0 N–H and O–H groups in total. The van der Waals surface area contributed by atoms with E-state index in [1.165, 1.54) is 4.09 Å². The molecule has 0 amide bonds. The minimum absolute atomic E-state index is 0.107. The first-order valence-corrected chi connectivity index (χ1v) is 5.68. The third-order valence-electron chi connectivity index (χ3n) is 2.14. The smallest absolute Gasteiger partial charge is 0.183 e. The van der Waals surface area contributed by atoms with Crippen molar-refractivity contribution in [3.63, 3.8) is 0 Å². The maximum absolute atomic E-state index is 12.3. The van der Waals surface area contributed by atoms with Gasteiger partial charge < -0.3 is 0 Å². The Morgan fingerprint density at radius 2 is 2.36 bits per heavy atom. The lowest BCUT2D eigenvalue weighted by molar-refractivity contribution is 0.882. The molecule has 0 atom stereocenters. The van der Waals surface area contributed by atoms with Crippen LogP contribution >= 0.6 is 28.3 Å². The van der Waals surface area contributed by atoms with Gasteiger partial charge in [-0.1, -0.05) is 28.9 Å². The number of aryl methyl sites for hydroxylation is 1. The van der Waals surface area contributed by atoms with E-state index >= 15 is 0 Å². The molecule has 0 aliphatic carbocycles. The zero-order valence-corrected chi connectivity index (χ0v) is 9.90. The summed E-state index contributed by atoms with van der Waals surface area (Å²) in [5.41, 5.74) is 2.00. The van der Waals surface area contributed by atoms with E-state index in [0.29, 0.717) is 0 Å². The maximum atomic E-state index is 12.3. The van der Waals surface area contributed by atoms with Gasteiger partial charge >= 0.3 is 0 Å². The normalized spacial score (nSPS) is 11.1. The highest BCUT2D eigenvalue weighted by Crippen LogP contribution is 2.27. The molecule has 74 valence electrons. The van der Waals surface area contributed by atoms with Crippen LogP contribution in [0.25, 0.3) is 10.9 Å². The van der Waals surface area contributed by atoms with Crippen LogP contribution in [0.4, 0.5) is 3.89 Å². The van der Waals surface area contributed by atoms with E-state index in [4.69, 9.17) is 0 Å². The minimum Gasteiger partial charge on any atom is -0.183 e. The summed E-state index contributed by atoms with van der Waals surface area (Å²) in [7, 11) is 0. The predicted molar refractivity (Wildman–Crippen MR) is 60.9 cm³/mol. The second-order valence-electron chi connectivity index (χ2n) is 2.92. The number of benzene rings is 1. The van der Waals surface area contributed by atoms with E-state index in [-0.39, 0.29) is 12.3 Å². The lowest BCUT2D eigenvalue weighted by Gasteiger charge is -1.98. The Bertz CT molecular complexity index is 469. The molecule has 5 heteroatoms. The zero-order valence-electron chi connectivity index (χ0n) is 7.50. The van der Waals surface area contributed by atoms with Crippen molar-refractivity contribution in [1.82, 2.24) is 9.19 Å². The molecule has 0 aliphatic rings. The Hall–Kier alpha value is -0.550. The fourth-order valence-electron chi connectivity index (χ4n) is 1.43. The van der Waals surface area contributed by atoms with Crippen molar-refractivity contribution in [1.29, 1.82) is 0 Å². The van der Waals surface area contributed by atoms with Gasteiger partial charge in [0.05, 0.1) is 5.52 Å². The number of hydrogen-bond acceptors (Lipinski definition) is 2. The molecule has 2 aromatic rings. The standard InChI is InChI=1S/C9H8BrFN2S/c1-2-6-3-4-8(10)7-5-13(14-11)12-9(6)7/h3-5H,2H2,1H3. The van der Waals surface area contributed by atoms with Gasteiger partial charge in [-0.3, -0.25) is 0 Å².